The summed E-state index contributed by atoms with van der Waals surface area (Å²) in [5.41, 5.74) is 8.68. The van der Waals surface area contributed by atoms with Crippen LogP contribution in [-0.2, 0) is 4.79 Å². The quantitative estimate of drug-likeness (QED) is 0.375. The first-order chi connectivity index (χ1) is 16.5. The molecule has 1 heterocycles. The molecule has 3 rings (SSSR count). The minimum absolute atomic E-state index is 0. The Bertz CT molecular complexity index is 1120. The molecule has 3 N–H and O–H groups in total. The summed E-state index contributed by atoms with van der Waals surface area (Å²) in [5.74, 6) is 2.98. The van der Waals surface area contributed by atoms with Crippen molar-refractivity contribution in [1.29, 1.82) is 0 Å². The van der Waals surface area contributed by atoms with Gasteiger partial charge in [0.15, 0.2) is 17.3 Å². The van der Waals surface area contributed by atoms with E-state index in [1.807, 2.05) is 12.3 Å². The van der Waals surface area contributed by atoms with E-state index in [-0.39, 0.29) is 18.3 Å². The lowest BCUT2D eigenvalue weighted by Crippen LogP contribution is -2.36. The molecule has 1 aromatic heterocycles. The molecule has 0 aliphatic rings. The molecule has 0 bridgehead atoms. The second-order valence-electron chi connectivity index (χ2n) is 7.27. The number of nitrogens with two attached hydrogens (primary N) is 1. The van der Waals surface area contributed by atoms with Crippen molar-refractivity contribution in [2.24, 2.45) is 5.73 Å². The summed E-state index contributed by atoms with van der Waals surface area (Å²) < 4.78 is 27.4. The van der Waals surface area contributed by atoms with E-state index in [2.05, 4.69) is 10.5 Å². The van der Waals surface area contributed by atoms with Crippen molar-refractivity contribution in [3.63, 3.8) is 0 Å². The first kappa shape index (κ1) is 28.2. The van der Waals surface area contributed by atoms with Gasteiger partial charge in [-0.15, -0.1) is 12.4 Å². The molecule has 0 aliphatic carbocycles. The lowest BCUT2D eigenvalue weighted by Gasteiger charge is -2.16. The van der Waals surface area contributed by atoms with Gasteiger partial charge in [0.25, 0.3) is 0 Å². The molecule has 11 heteroatoms. The molecule has 0 aliphatic heterocycles. The van der Waals surface area contributed by atoms with E-state index in [1.54, 1.807) is 70.7 Å². The second kappa shape index (κ2) is 13.1. The van der Waals surface area contributed by atoms with Crippen LogP contribution in [-0.4, -0.2) is 57.6 Å². The van der Waals surface area contributed by atoms with Crippen LogP contribution in [0.25, 0.3) is 22.5 Å². The van der Waals surface area contributed by atoms with Crippen LogP contribution in [0.4, 0.5) is 5.69 Å². The number of carbonyl (C=O) groups is 1. The summed E-state index contributed by atoms with van der Waals surface area (Å²) in [4.78, 5) is 12.6. The van der Waals surface area contributed by atoms with E-state index in [9.17, 15) is 4.79 Å². The van der Waals surface area contributed by atoms with Crippen molar-refractivity contribution in [2.45, 2.75) is 12.5 Å². The first-order valence-corrected chi connectivity index (χ1v) is 11.9. The van der Waals surface area contributed by atoms with E-state index in [1.165, 1.54) is 0 Å². The number of hydrogen-bond donors (Lipinski definition) is 2. The maximum absolute atomic E-state index is 12.6. The minimum atomic E-state index is -0.619. The van der Waals surface area contributed by atoms with Crippen LogP contribution in [0.15, 0.2) is 41.1 Å². The van der Waals surface area contributed by atoms with Crippen molar-refractivity contribution < 1.29 is 28.3 Å². The molecule has 3 aromatic rings. The van der Waals surface area contributed by atoms with E-state index in [4.69, 9.17) is 29.2 Å². The highest BCUT2D eigenvalue weighted by atomic mass is 35.5. The third kappa shape index (κ3) is 6.33. The molecular weight excluding hydrogens is 494 g/mol. The number of amides is 1. The van der Waals surface area contributed by atoms with Gasteiger partial charge in [0.2, 0.25) is 11.7 Å². The Morgan fingerprint density at radius 2 is 1.69 bits per heavy atom. The van der Waals surface area contributed by atoms with Crippen LogP contribution in [0.1, 0.15) is 6.42 Å². The van der Waals surface area contributed by atoms with Crippen LogP contribution in [0.2, 0.25) is 0 Å². The Morgan fingerprint density at radius 1 is 1.03 bits per heavy atom. The summed E-state index contributed by atoms with van der Waals surface area (Å²) >= 11 is 1.64. The monoisotopic (exact) mass is 523 g/mol. The summed E-state index contributed by atoms with van der Waals surface area (Å²) in [6, 6.07) is 8.36. The number of rotatable bonds is 11. The number of benzene rings is 2. The van der Waals surface area contributed by atoms with Gasteiger partial charge in [-0.3, -0.25) is 4.79 Å². The molecule has 0 fully saturated rings. The third-order valence-electron chi connectivity index (χ3n) is 5.24. The Balaban J connectivity index is 0.00000432. The number of halogens is 1. The zero-order chi connectivity index (χ0) is 24.7. The van der Waals surface area contributed by atoms with E-state index in [0.29, 0.717) is 52.0 Å². The first-order valence-electron chi connectivity index (χ1n) is 10.5. The van der Waals surface area contributed by atoms with Gasteiger partial charge in [-0.1, -0.05) is 11.2 Å². The van der Waals surface area contributed by atoms with Crippen molar-refractivity contribution in [2.75, 3.05) is 45.8 Å². The van der Waals surface area contributed by atoms with Crippen LogP contribution in [0, 0.1) is 0 Å². The predicted molar refractivity (Wildman–Crippen MR) is 140 cm³/mol. The molecule has 9 nitrogen and oxygen atoms in total. The Labute approximate surface area is 215 Å². The Hall–Kier alpha value is -3.08. The number of thioether (sulfide) groups is 1. The number of hydrogen-bond acceptors (Lipinski definition) is 9. The fourth-order valence-corrected chi connectivity index (χ4v) is 3.93. The molecule has 2 aromatic carbocycles. The van der Waals surface area contributed by atoms with Gasteiger partial charge in [-0.25, -0.2) is 0 Å². The molecule has 35 heavy (non-hydrogen) atoms. The number of anilines is 1. The van der Waals surface area contributed by atoms with Gasteiger partial charge in [0.1, 0.15) is 5.75 Å². The van der Waals surface area contributed by atoms with Crippen molar-refractivity contribution in [1.82, 2.24) is 5.16 Å². The predicted octanol–water partition coefficient (Wildman–Crippen LogP) is 4.48. The molecule has 190 valence electrons. The van der Waals surface area contributed by atoms with Crippen LogP contribution >= 0.6 is 24.2 Å². The topological polar surface area (TPSA) is 118 Å². The summed E-state index contributed by atoms with van der Waals surface area (Å²) in [7, 11) is 6.18. The van der Waals surface area contributed by atoms with Crippen molar-refractivity contribution in [3.8, 4) is 45.4 Å². The maximum atomic E-state index is 12.6. The number of methoxy groups -OCH3 is 4. The van der Waals surface area contributed by atoms with E-state index < -0.39 is 6.04 Å². The largest absolute Gasteiger partial charge is 0.495 e. The zero-order valence-electron chi connectivity index (χ0n) is 20.2. The SMILES string of the molecule is COc1ccc(-c2cnoc2-c2cc(OC)c(OC)c(OC)c2)cc1NC(=O)C(N)CCSC.Cl. The maximum Gasteiger partial charge on any atom is 0.241 e. The molecule has 1 atom stereocenters. The molecular formula is C24H30ClN3O6S. The van der Waals surface area contributed by atoms with Gasteiger partial charge in [-0.05, 0) is 48.3 Å². The van der Waals surface area contributed by atoms with Crippen LogP contribution in [0.5, 0.6) is 23.0 Å². The lowest BCUT2D eigenvalue weighted by atomic mass is 10.0. The molecule has 0 spiro atoms. The average molecular weight is 524 g/mol. The summed E-state index contributed by atoms with van der Waals surface area (Å²) in [6.07, 6.45) is 4.16. The van der Waals surface area contributed by atoms with Gasteiger partial charge >= 0.3 is 0 Å². The van der Waals surface area contributed by atoms with Crippen molar-refractivity contribution >= 4 is 35.8 Å². The normalized spacial score (nSPS) is 11.3. The Morgan fingerprint density at radius 3 is 2.26 bits per heavy atom. The molecule has 1 amide bonds. The zero-order valence-corrected chi connectivity index (χ0v) is 21.9. The summed E-state index contributed by atoms with van der Waals surface area (Å²) in [5, 5.41) is 6.87. The number of aromatic nitrogens is 1. The standard InChI is InChI=1S/C24H29N3O6S.ClH/c1-29-19-7-6-14(10-18(19)27-24(28)17(25)8-9-34-5)16-13-26-33-22(16)15-11-20(30-2)23(32-4)21(12-15)31-3;/h6-7,10-13,17H,8-9,25H2,1-5H3,(H,27,28);1H. The number of nitrogens with zero attached hydrogens (tertiary/aromatic N) is 1. The van der Waals surface area contributed by atoms with Gasteiger partial charge in [0.05, 0.1) is 46.4 Å². The smallest absolute Gasteiger partial charge is 0.241 e. The van der Waals surface area contributed by atoms with Crippen molar-refractivity contribution in [3.05, 3.63) is 36.5 Å². The molecule has 0 saturated carbocycles. The van der Waals surface area contributed by atoms with E-state index in [0.717, 1.165) is 11.3 Å². The highest BCUT2D eigenvalue weighted by Crippen LogP contribution is 2.44. The fraction of sp³-hybridized carbons (Fsp3) is 0.333. The van der Waals surface area contributed by atoms with E-state index >= 15 is 0 Å². The Kier molecular flexibility index (Phi) is 10.6. The molecule has 0 saturated heterocycles. The minimum Gasteiger partial charge on any atom is -0.495 e. The van der Waals surface area contributed by atoms with Gasteiger partial charge < -0.3 is 34.5 Å². The third-order valence-corrected chi connectivity index (χ3v) is 5.88. The second-order valence-corrected chi connectivity index (χ2v) is 8.26. The number of ether oxygens (including phenoxy) is 4. The number of carbonyl (C=O) groups excluding carboxylic acids is 1. The fourth-order valence-electron chi connectivity index (χ4n) is 3.44. The summed E-state index contributed by atoms with van der Waals surface area (Å²) in [6.45, 7) is 0. The van der Waals surface area contributed by atoms with Crippen LogP contribution in [0.3, 0.4) is 0 Å². The highest BCUT2D eigenvalue weighted by molar-refractivity contribution is 7.98. The average Bonchev–Trinajstić information content (AvgIpc) is 3.36. The van der Waals surface area contributed by atoms with Gasteiger partial charge in [-0.2, -0.15) is 11.8 Å². The molecule has 1 unspecified atom stereocenters. The highest BCUT2D eigenvalue weighted by Gasteiger charge is 2.21. The van der Waals surface area contributed by atoms with Crippen LogP contribution < -0.4 is 30.0 Å². The molecule has 0 radical (unpaired) electrons. The number of nitrogens with one attached hydrogen (secondary N) is 1. The van der Waals surface area contributed by atoms with Gasteiger partial charge in [0, 0.05) is 11.1 Å². The lowest BCUT2D eigenvalue weighted by molar-refractivity contribution is -0.117.